The van der Waals surface area contributed by atoms with Crippen LogP contribution in [0.2, 0.25) is 0 Å². The topological polar surface area (TPSA) is 238 Å². The van der Waals surface area contributed by atoms with Crippen molar-refractivity contribution in [3.63, 3.8) is 0 Å². The summed E-state index contributed by atoms with van der Waals surface area (Å²) < 4.78 is 73.2. The second-order valence-corrected chi connectivity index (χ2v) is 12.8. The van der Waals surface area contributed by atoms with Crippen molar-refractivity contribution in [2.45, 2.75) is 68.3 Å². The summed E-state index contributed by atoms with van der Waals surface area (Å²) in [5.74, 6) is -2.88. The molecule has 0 saturated carbocycles. The number of rotatable bonds is 12. The zero-order chi connectivity index (χ0) is 30.7. The van der Waals surface area contributed by atoms with Crippen LogP contribution in [0.5, 0.6) is 5.75 Å². The number of hydrogen-bond acceptors (Lipinski definition) is 13. The van der Waals surface area contributed by atoms with E-state index in [1.54, 1.807) is 0 Å². The van der Waals surface area contributed by atoms with Crippen LogP contribution >= 0.6 is 0 Å². The number of likely N-dealkylation sites (tertiary alicyclic amines) is 1. The van der Waals surface area contributed by atoms with Gasteiger partial charge in [0, 0.05) is 18.7 Å². The van der Waals surface area contributed by atoms with Crippen LogP contribution in [0.4, 0.5) is 5.69 Å². The summed E-state index contributed by atoms with van der Waals surface area (Å²) in [5, 5.41) is 35.2. The van der Waals surface area contributed by atoms with E-state index in [4.69, 9.17) is 9.47 Å². The fourth-order valence-corrected chi connectivity index (χ4v) is 6.43. The molecule has 16 nitrogen and oxygen atoms in total. The highest BCUT2D eigenvalue weighted by Crippen LogP contribution is 2.34. The largest absolute Gasteiger partial charge is 0.496 e. The molecule has 2 heterocycles. The van der Waals surface area contributed by atoms with E-state index >= 15 is 0 Å². The van der Waals surface area contributed by atoms with Crippen molar-refractivity contribution in [3.05, 3.63) is 17.7 Å². The molecule has 0 aliphatic carbocycles. The van der Waals surface area contributed by atoms with Gasteiger partial charge in [-0.3, -0.25) is 14.2 Å². The summed E-state index contributed by atoms with van der Waals surface area (Å²) in [6.45, 7) is 5.37. The fourth-order valence-electron chi connectivity index (χ4n) is 4.87. The molecule has 6 unspecified atom stereocenters. The highest BCUT2D eigenvalue weighted by molar-refractivity contribution is 7.91. The van der Waals surface area contributed by atoms with Crippen molar-refractivity contribution in [1.29, 1.82) is 0 Å². The third kappa shape index (κ3) is 7.63. The van der Waals surface area contributed by atoms with E-state index in [0.29, 0.717) is 6.54 Å². The molecule has 6 atom stereocenters. The van der Waals surface area contributed by atoms with Gasteiger partial charge < -0.3 is 35.4 Å². The van der Waals surface area contributed by atoms with Crippen LogP contribution in [-0.2, 0) is 34.0 Å². The van der Waals surface area contributed by atoms with Gasteiger partial charge >= 0.3 is 16.4 Å². The molecule has 6 N–H and O–H groups in total. The Morgan fingerprint density at radius 3 is 2.39 bits per heavy atom. The molecule has 1 amide bonds. The van der Waals surface area contributed by atoms with Gasteiger partial charge in [-0.2, -0.15) is 8.42 Å². The number of anilines is 1. The zero-order valence-corrected chi connectivity index (χ0v) is 24.2. The molecule has 3 rings (SSSR count). The van der Waals surface area contributed by atoms with E-state index in [2.05, 4.69) is 19.7 Å². The van der Waals surface area contributed by atoms with E-state index < -0.39 is 73.4 Å². The number of hydrogen-bond donors (Lipinski definition) is 6. The normalized spacial score (nSPS) is 27.4. The summed E-state index contributed by atoms with van der Waals surface area (Å²) in [4.78, 5) is 26.5. The molecule has 1 aromatic carbocycles. The predicted octanol–water partition coefficient (Wildman–Crippen LogP) is -1.17. The minimum atomic E-state index is -5.27. The highest BCUT2D eigenvalue weighted by atomic mass is 32.3. The van der Waals surface area contributed by atoms with Crippen LogP contribution in [0.1, 0.15) is 37.0 Å². The Bertz CT molecular complexity index is 1340. The summed E-state index contributed by atoms with van der Waals surface area (Å²) >= 11 is 0. The van der Waals surface area contributed by atoms with E-state index in [1.165, 1.54) is 14.0 Å². The Morgan fingerprint density at radius 1 is 1.15 bits per heavy atom. The molecule has 2 aliphatic heterocycles. The first-order chi connectivity index (χ1) is 19.1. The van der Waals surface area contributed by atoms with Gasteiger partial charge in [-0.25, -0.2) is 17.4 Å². The quantitative estimate of drug-likeness (QED) is 0.150. The number of aliphatic hydroxyl groups excluding tert-OH is 2. The smallest absolute Gasteiger partial charge is 0.397 e. The second-order valence-electron chi connectivity index (χ2n) is 9.52. The number of amides is 1. The number of nitrogens with zero attached hydrogens (tertiary/aromatic N) is 1. The number of ether oxygens (including phenoxy) is 2. The standard InChI is InChI=1S/C23H35N3O13S2/c1-4-26-8-6-7-12(26)11-24-21(29)13-9-16(40(32,33)5-2)14(10-15(13)37-3)25-22-19(39-41(34,35)36)17(27)18(28)20(38-22)23(30)31/h9-10,12,17-20,22,25,27-28H,4-8,11H2,1-3H3,(H,24,29)(H,30,31)(H,34,35,36). The fraction of sp³-hybridized carbons (Fsp3) is 0.652. The molecular formula is C23H35N3O13S2. The number of aliphatic carboxylic acids is 1. The first-order valence-electron chi connectivity index (χ1n) is 12.8. The summed E-state index contributed by atoms with van der Waals surface area (Å²) in [6.07, 6.45) is -8.70. The van der Waals surface area contributed by atoms with Gasteiger partial charge in [-0.15, -0.1) is 0 Å². The van der Waals surface area contributed by atoms with Crippen LogP contribution in [0.3, 0.4) is 0 Å². The first kappa shape index (κ1) is 32.9. The summed E-state index contributed by atoms with van der Waals surface area (Å²) in [5.41, 5.74) is -0.449. The lowest BCUT2D eigenvalue weighted by molar-refractivity contribution is -0.216. The maximum Gasteiger partial charge on any atom is 0.397 e. The molecule has 41 heavy (non-hydrogen) atoms. The molecule has 0 aromatic heterocycles. The molecule has 18 heteroatoms. The average Bonchev–Trinajstić information content (AvgIpc) is 3.37. The third-order valence-corrected chi connectivity index (χ3v) is 9.26. The van der Waals surface area contributed by atoms with E-state index in [1.807, 2.05) is 6.92 Å². The van der Waals surface area contributed by atoms with E-state index in [-0.39, 0.29) is 23.0 Å². The predicted molar refractivity (Wildman–Crippen MR) is 142 cm³/mol. The Labute approximate surface area is 237 Å². The van der Waals surface area contributed by atoms with Gasteiger partial charge in [0.1, 0.15) is 18.0 Å². The van der Waals surface area contributed by atoms with E-state index in [9.17, 15) is 46.3 Å². The molecule has 2 fully saturated rings. The van der Waals surface area contributed by atoms with Crippen molar-refractivity contribution in [1.82, 2.24) is 10.2 Å². The van der Waals surface area contributed by atoms with Gasteiger partial charge in [-0.1, -0.05) is 13.8 Å². The monoisotopic (exact) mass is 625 g/mol. The van der Waals surface area contributed by atoms with Crippen LogP contribution in [0.25, 0.3) is 0 Å². The van der Waals surface area contributed by atoms with Crippen molar-refractivity contribution in [2.75, 3.05) is 37.8 Å². The molecule has 0 spiro atoms. The summed E-state index contributed by atoms with van der Waals surface area (Å²) in [7, 11) is -8.16. The number of carbonyl (C=O) groups is 2. The maximum absolute atomic E-state index is 13.2. The van der Waals surface area contributed by atoms with Crippen molar-refractivity contribution < 1.29 is 60.0 Å². The lowest BCUT2D eigenvalue weighted by atomic mass is 9.98. The number of carboxylic acid groups (broad SMARTS) is 1. The molecule has 2 aliphatic rings. The van der Waals surface area contributed by atoms with Gasteiger partial charge in [0.2, 0.25) is 0 Å². The Balaban J connectivity index is 2.02. The van der Waals surface area contributed by atoms with Gasteiger partial charge in [0.05, 0.1) is 29.0 Å². The number of likely N-dealkylation sites (N-methyl/N-ethyl adjacent to an activating group) is 1. The number of methoxy groups -OCH3 is 1. The van der Waals surface area contributed by atoms with Gasteiger partial charge in [-0.05, 0) is 32.0 Å². The van der Waals surface area contributed by atoms with Crippen LogP contribution < -0.4 is 15.4 Å². The molecule has 1 aromatic rings. The van der Waals surface area contributed by atoms with Crippen LogP contribution in [0.15, 0.2) is 17.0 Å². The Morgan fingerprint density at radius 2 is 1.83 bits per heavy atom. The minimum Gasteiger partial charge on any atom is -0.496 e. The number of carbonyl (C=O) groups excluding carboxylic acids is 1. The SMILES string of the molecule is CCN1CCCC1CNC(=O)c1cc(S(=O)(=O)CC)c(NC2OC(C(=O)O)C(O)C(O)C2OS(=O)(=O)O)cc1OC. The van der Waals surface area contributed by atoms with Crippen LogP contribution in [-0.4, -0.2) is 123 Å². The molecule has 0 radical (unpaired) electrons. The highest BCUT2D eigenvalue weighted by Gasteiger charge is 2.50. The molecular weight excluding hydrogens is 590 g/mol. The second kappa shape index (κ2) is 13.2. The molecule has 2 saturated heterocycles. The number of aliphatic hydroxyl groups is 2. The lowest BCUT2D eigenvalue weighted by Crippen LogP contribution is -2.62. The van der Waals surface area contributed by atoms with Crippen molar-refractivity contribution >= 4 is 37.8 Å². The minimum absolute atomic E-state index is 0.0998. The number of sulfone groups is 1. The third-order valence-electron chi connectivity index (χ3n) is 7.03. The van der Waals surface area contributed by atoms with Crippen LogP contribution in [0, 0.1) is 0 Å². The molecule has 0 bridgehead atoms. The Kier molecular flexibility index (Phi) is 10.6. The Hall–Kier alpha value is -2.58. The number of carboxylic acids is 1. The summed E-state index contributed by atoms with van der Waals surface area (Å²) in [6, 6.07) is 2.26. The van der Waals surface area contributed by atoms with E-state index in [0.717, 1.165) is 38.1 Å². The number of benzene rings is 1. The molecule has 232 valence electrons. The van der Waals surface area contributed by atoms with Crippen molar-refractivity contribution in [3.8, 4) is 5.75 Å². The lowest BCUT2D eigenvalue weighted by Gasteiger charge is -2.40. The van der Waals surface area contributed by atoms with Gasteiger partial charge in [0.25, 0.3) is 5.91 Å². The van der Waals surface area contributed by atoms with Crippen molar-refractivity contribution in [2.24, 2.45) is 0 Å². The first-order valence-corrected chi connectivity index (χ1v) is 15.8. The van der Waals surface area contributed by atoms with Gasteiger partial charge in [0.15, 0.2) is 28.3 Å². The maximum atomic E-state index is 13.2. The number of nitrogens with one attached hydrogen (secondary N) is 2. The zero-order valence-electron chi connectivity index (χ0n) is 22.6. The average molecular weight is 626 g/mol.